The van der Waals surface area contributed by atoms with Gasteiger partial charge in [-0.2, -0.15) is 0 Å². The van der Waals surface area contributed by atoms with E-state index in [2.05, 4.69) is 10.0 Å². The van der Waals surface area contributed by atoms with Crippen molar-refractivity contribution in [1.29, 1.82) is 0 Å². The van der Waals surface area contributed by atoms with Crippen molar-refractivity contribution in [2.24, 2.45) is 5.92 Å². The summed E-state index contributed by atoms with van der Waals surface area (Å²) in [6.07, 6.45) is 4.73. The number of aryl methyl sites for hydroxylation is 1. The minimum Gasteiger partial charge on any atom is -0.310 e. The molecule has 0 spiro atoms. The van der Waals surface area contributed by atoms with Crippen molar-refractivity contribution in [2.75, 3.05) is 0 Å². The van der Waals surface area contributed by atoms with E-state index in [9.17, 15) is 8.42 Å². The minimum absolute atomic E-state index is 0.0318. The van der Waals surface area contributed by atoms with Gasteiger partial charge in [0, 0.05) is 18.6 Å². The summed E-state index contributed by atoms with van der Waals surface area (Å²) in [5.41, 5.74) is 2.21. The zero-order chi connectivity index (χ0) is 15.0. The third-order valence-electron chi connectivity index (χ3n) is 4.46. The largest absolute Gasteiger partial charge is 0.310 e. The van der Waals surface area contributed by atoms with Crippen molar-refractivity contribution in [3.05, 3.63) is 29.3 Å². The van der Waals surface area contributed by atoms with E-state index in [0.29, 0.717) is 16.9 Å². The van der Waals surface area contributed by atoms with Crippen LogP contribution in [0.2, 0.25) is 0 Å². The maximum absolute atomic E-state index is 12.5. The lowest BCUT2D eigenvalue weighted by atomic mass is 10.1. The highest BCUT2D eigenvalue weighted by Crippen LogP contribution is 2.33. The van der Waals surface area contributed by atoms with Gasteiger partial charge in [-0.25, -0.2) is 13.1 Å². The van der Waals surface area contributed by atoms with Crippen molar-refractivity contribution >= 4 is 10.0 Å². The SMILES string of the molecule is Cc1ccc(S(=O)(=O)NC(C)C2CC2)cc1CNC1CC1. The zero-order valence-electron chi connectivity index (χ0n) is 12.7. The Morgan fingerprint density at radius 2 is 1.95 bits per heavy atom. The van der Waals surface area contributed by atoms with Crippen LogP contribution in [0.15, 0.2) is 23.1 Å². The lowest BCUT2D eigenvalue weighted by Gasteiger charge is -2.15. The van der Waals surface area contributed by atoms with Crippen LogP contribution >= 0.6 is 0 Å². The Bertz CT molecular complexity index is 619. The average Bonchev–Trinajstić information content (AvgIpc) is 3.27. The van der Waals surface area contributed by atoms with E-state index < -0.39 is 10.0 Å². The fourth-order valence-electron chi connectivity index (χ4n) is 2.55. The molecule has 1 aromatic rings. The summed E-state index contributed by atoms with van der Waals surface area (Å²) in [6.45, 7) is 4.73. The number of hydrogen-bond acceptors (Lipinski definition) is 3. The monoisotopic (exact) mass is 308 g/mol. The predicted octanol–water partition coefficient (Wildman–Crippen LogP) is 2.32. The van der Waals surface area contributed by atoms with E-state index in [4.69, 9.17) is 0 Å². The topological polar surface area (TPSA) is 58.2 Å². The molecular formula is C16H24N2O2S. The molecule has 0 aliphatic heterocycles. The van der Waals surface area contributed by atoms with Crippen LogP contribution in [0.3, 0.4) is 0 Å². The van der Waals surface area contributed by atoms with Gasteiger partial charge in [-0.1, -0.05) is 6.07 Å². The zero-order valence-corrected chi connectivity index (χ0v) is 13.5. The second-order valence-electron chi connectivity index (χ2n) is 6.49. The first-order valence-corrected chi connectivity index (χ1v) is 9.29. The highest BCUT2D eigenvalue weighted by atomic mass is 32.2. The highest BCUT2D eigenvalue weighted by Gasteiger charge is 2.31. The highest BCUT2D eigenvalue weighted by molar-refractivity contribution is 7.89. The number of hydrogen-bond donors (Lipinski definition) is 2. The fourth-order valence-corrected chi connectivity index (χ4v) is 3.92. The molecule has 116 valence electrons. The van der Waals surface area contributed by atoms with Crippen LogP contribution in [0.1, 0.15) is 43.7 Å². The van der Waals surface area contributed by atoms with Crippen LogP contribution in [-0.2, 0) is 16.6 Å². The number of nitrogens with one attached hydrogen (secondary N) is 2. The van der Waals surface area contributed by atoms with Gasteiger partial charge in [-0.05, 0) is 68.7 Å². The average molecular weight is 308 g/mol. The molecule has 4 nitrogen and oxygen atoms in total. The van der Waals surface area contributed by atoms with Crippen LogP contribution in [-0.4, -0.2) is 20.5 Å². The third-order valence-corrected chi connectivity index (χ3v) is 6.02. The van der Waals surface area contributed by atoms with Gasteiger partial charge in [0.05, 0.1) is 4.90 Å². The summed E-state index contributed by atoms with van der Waals surface area (Å²) in [5.74, 6) is 0.515. The predicted molar refractivity (Wildman–Crippen MR) is 83.5 cm³/mol. The lowest BCUT2D eigenvalue weighted by molar-refractivity contribution is 0.538. The van der Waals surface area contributed by atoms with E-state index >= 15 is 0 Å². The molecule has 1 unspecified atom stereocenters. The summed E-state index contributed by atoms with van der Waals surface area (Å²) in [7, 11) is -3.40. The molecule has 2 N–H and O–H groups in total. The quantitative estimate of drug-likeness (QED) is 0.813. The molecule has 5 heteroatoms. The smallest absolute Gasteiger partial charge is 0.240 e. The molecule has 2 aliphatic carbocycles. The third kappa shape index (κ3) is 3.84. The molecule has 0 amide bonds. The summed E-state index contributed by atoms with van der Waals surface area (Å²) in [5, 5.41) is 3.45. The Morgan fingerprint density at radius 1 is 1.24 bits per heavy atom. The second-order valence-corrected chi connectivity index (χ2v) is 8.20. The maximum atomic E-state index is 12.5. The summed E-state index contributed by atoms with van der Waals surface area (Å²) in [4.78, 5) is 0.383. The van der Waals surface area contributed by atoms with Crippen molar-refractivity contribution in [2.45, 2.75) is 63.1 Å². The summed E-state index contributed by atoms with van der Waals surface area (Å²) >= 11 is 0. The minimum atomic E-state index is -3.40. The van der Waals surface area contributed by atoms with Gasteiger partial charge in [0.1, 0.15) is 0 Å². The van der Waals surface area contributed by atoms with Crippen LogP contribution < -0.4 is 10.0 Å². The first-order chi connectivity index (χ1) is 9.95. The molecule has 0 aromatic heterocycles. The van der Waals surface area contributed by atoms with Gasteiger partial charge >= 0.3 is 0 Å². The maximum Gasteiger partial charge on any atom is 0.240 e. The van der Waals surface area contributed by atoms with Gasteiger partial charge in [0.25, 0.3) is 0 Å². The molecule has 2 fully saturated rings. The van der Waals surface area contributed by atoms with E-state index in [0.717, 1.165) is 30.5 Å². The van der Waals surface area contributed by atoms with Crippen LogP contribution in [0.4, 0.5) is 0 Å². The Hall–Kier alpha value is -0.910. The molecule has 0 saturated heterocycles. The standard InChI is InChI=1S/C16H24N2O2S/c1-11-3-8-16(9-14(11)10-17-15-6-7-15)21(19,20)18-12(2)13-4-5-13/h3,8-9,12-13,15,17-18H,4-7,10H2,1-2H3. The first-order valence-electron chi connectivity index (χ1n) is 7.81. The molecule has 0 bridgehead atoms. The Kier molecular flexibility index (Phi) is 4.08. The molecule has 2 saturated carbocycles. The van der Waals surface area contributed by atoms with E-state index in [-0.39, 0.29) is 6.04 Å². The molecule has 2 aliphatic rings. The van der Waals surface area contributed by atoms with Gasteiger partial charge in [-0.15, -0.1) is 0 Å². The molecular weight excluding hydrogens is 284 g/mol. The first kappa shape index (κ1) is 15.0. The van der Waals surface area contributed by atoms with Crippen molar-refractivity contribution in [3.63, 3.8) is 0 Å². The Morgan fingerprint density at radius 3 is 2.57 bits per heavy atom. The van der Waals surface area contributed by atoms with Gasteiger partial charge in [0.15, 0.2) is 0 Å². The van der Waals surface area contributed by atoms with Crippen molar-refractivity contribution < 1.29 is 8.42 Å². The van der Waals surface area contributed by atoms with Crippen molar-refractivity contribution in [3.8, 4) is 0 Å². The Balaban J connectivity index is 1.74. The molecule has 0 heterocycles. The van der Waals surface area contributed by atoms with Crippen LogP contribution in [0.5, 0.6) is 0 Å². The second kappa shape index (κ2) is 5.71. The van der Waals surface area contributed by atoms with Gasteiger partial charge < -0.3 is 5.32 Å². The number of rotatable bonds is 7. The fraction of sp³-hybridized carbons (Fsp3) is 0.625. The summed E-state index contributed by atoms with van der Waals surface area (Å²) < 4.78 is 27.7. The molecule has 21 heavy (non-hydrogen) atoms. The lowest BCUT2D eigenvalue weighted by Crippen LogP contribution is -2.34. The molecule has 1 aromatic carbocycles. The van der Waals surface area contributed by atoms with Gasteiger partial charge in [-0.3, -0.25) is 0 Å². The van der Waals surface area contributed by atoms with E-state index in [1.54, 1.807) is 6.07 Å². The van der Waals surface area contributed by atoms with Gasteiger partial charge in [0.2, 0.25) is 10.0 Å². The van der Waals surface area contributed by atoms with E-state index in [1.165, 1.54) is 12.8 Å². The normalized spacial score (nSPS) is 20.5. The number of benzene rings is 1. The number of sulfonamides is 1. The van der Waals surface area contributed by atoms with Crippen molar-refractivity contribution in [1.82, 2.24) is 10.0 Å². The van der Waals surface area contributed by atoms with E-state index in [1.807, 2.05) is 26.0 Å². The molecule has 3 rings (SSSR count). The Labute approximate surface area is 127 Å². The molecule has 1 atom stereocenters. The molecule has 0 radical (unpaired) electrons. The van der Waals surface area contributed by atoms with Crippen LogP contribution in [0, 0.1) is 12.8 Å². The summed E-state index contributed by atoms with van der Waals surface area (Å²) in [6, 6.07) is 6.08. The van der Waals surface area contributed by atoms with Crippen LogP contribution in [0.25, 0.3) is 0 Å².